The van der Waals surface area contributed by atoms with E-state index in [1.165, 1.54) is 11.8 Å². The number of hydrogen-bond acceptors (Lipinski definition) is 8. The van der Waals surface area contributed by atoms with Crippen molar-refractivity contribution in [2.45, 2.75) is 56.3 Å². The molecule has 1 rings (SSSR count). The van der Waals surface area contributed by atoms with Crippen molar-refractivity contribution < 1.29 is 29.4 Å². The van der Waals surface area contributed by atoms with Gasteiger partial charge in [-0.05, 0) is 49.8 Å². The first-order valence-electron chi connectivity index (χ1n) is 11.5. The Bertz CT molecular complexity index is 813. The van der Waals surface area contributed by atoms with Crippen molar-refractivity contribution in [2.24, 2.45) is 11.5 Å². The van der Waals surface area contributed by atoms with Crippen LogP contribution in [0.15, 0.2) is 30.3 Å². The summed E-state index contributed by atoms with van der Waals surface area (Å²) in [5.41, 5.74) is 12.0. The van der Waals surface area contributed by atoms with Crippen LogP contribution >= 0.6 is 11.8 Å². The molecular weight excluding hydrogens is 474 g/mol. The van der Waals surface area contributed by atoms with E-state index in [0.29, 0.717) is 31.6 Å². The number of rotatable bonds is 17. The molecule has 0 radical (unpaired) electrons. The van der Waals surface area contributed by atoms with Gasteiger partial charge in [-0.25, -0.2) is 4.79 Å². The van der Waals surface area contributed by atoms with Crippen molar-refractivity contribution >= 4 is 35.5 Å². The van der Waals surface area contributed by atoms with Crippen LogP contribution in [-0.4, -0.2) is 83.2 Å². The maximum absolute atomic E-state index is 13.0. The van der Waals surface area contributed by atoms with Gasteiger partial charge in [0.05, 0.1) is 12.6 Å². The van der Waals surface area contributed by atoms with Gasteiger partial charge in [0.1, 0.15) is 18.1 Å². The topological polar surface area (TPSA) is 197 Å². The fraction of sp³-hybridized carbons (Fsp3) is 0.565. The third-order valence-electron chi connectivity index (χ3n) is 5.26. The van der Waals surface area contributed by atoms with E-state index < -0.39 is 54.5 Å². The second-order valence-electron chi connectivity index (χ2n) is 8.07. The average Bonchev–Trinajstić information content (AvgIpc) is 2.84. The minimum Gasteiger partial charge on any atom is -0.480 e. The Morgan fingerprint density at radius 1 is 0.914 bits per heavy atom. The van der Waals surface area contributed by atoms with E-state index in [-0.39, 0.29) is 12.8 Å². The molecule has 0 heterocycles. The fourth-order valence-electron chi connectivity index (χ4n) is 3.20. The van der Waals surface area contributed by atoms with Crippen LogP contribution in [0.2, 0.25) is 0 Å². The van der Waals surface area contributed by atoms with Crippen molar-refractivity contribution in [3.8, 4) is 0 Å². The first kappa shape index (κ1) is 30.4. The number of benzene rings is 1. The molecule has 1 aromatic rings. The summed E-state index contributed by atoms with van der Waals surface area (Å²) < 4.78 is 0. The molecule has 9 N–H and O–H groups in total. The van der Waals surface area contributed by atoms with Crippen LogP contribution in [0.4, 0.5) is 0 Å². The standard InChI is InChI=1S/C23H37N5O6S/c1-35-12-10-16(25)20(30)28-19(14-29)22(32)27-18(13-15-7-3-2-4-8-15)21(31)26-17(23(33)34)9-5-6-11-24/h2-4,7-8,16-19,29H,5-6,9-14,24-25H2,1H3,(H,26,31)(H,27,32)(H,28,30)(H,33,34). The molecule has 11 nitrogen and oxygen atoms in total. The molecule has 0 fully saturated rings. The molecule has 4 atom stereocenters. The molecule has 35 heavy (non-hydrogen) atoms. The number of thioether (sulfide) groups is 1. The van der Waals surface area contributed by atoms with E-state index in [1.54, 1.807) is 30.3 Å². The Kier molecular flexibility index (Phi) is 14.6. The van der Waals surface area contributed by atoms with Gasteiger partial charge in [0, 0.05) is 6.42 Å². The largest absolute Gasteiger partial charge is 0.480 e. The van der Waals surface area contributed by atoms with Gasteiger partial charge in [-0.1, -0.05) is 30.3 Å². The predicted molar refractivity (Wildman–Crippen MR) is 135 cm³/mol. The van der Waals surface area contributed by atoms with Crippen LogP contribution in [0.1, 0.15) is 31.2 Å². The SMILES string of the molecule is CSCCC(N)C(=O)NC(CO)C(=O)NC(Cc1ccccc1)C(=O)NC(CCCCN)C(=O)O. The van der Waals surface area contributed by atoms with Gasteiger partial charge >= 0.3 is 5.97 Å². The quantitative estimate of drug-likeness (QED) is 0.128. The number of nitrogens with one attached hydrogen (secondary N) is 3. The molecule has 0 bridgehead atoms. The number of nitrogens with two attached hydrogens (primary N) is 2. The van der Waals surface area contributed by atoms with Gasteiger partial charge in [-0.15, -0.1) is 0 Å². The van der Waals surface area contributed by atoms with Crippen molar-refractivity contribution in [1.82, 2.24) is 16.0 Å². The summed E-state index contributed by atoms with van der Waals surface area (Å²) >= 11 is 1.52. The van der Waals surface area contributed by atoms with Gasteiger partial charge in [-0.2, -0.15) is 11.8 Å². The zero-order valence-corrected chi connectivity index (χ0v) is 20.8. The van der Waals surface area contributed by atoms with E-state index >= 15 is 0 Å². The summed E-state index contributed by atoms with van der Waals surface area (Å²) in [4.78, 5) is 49.8. The number of carbonyl (C=O) groups is 4. The van der Waals surface area contributed by atoms with E-state index in [4.69, 9.17) is 11.5 Å². The van der Waals surface area contributed by atoms with Crippen LogP contribution in [0.5, 0.6) is 0 Å². The third kappa shape index (κ3) is 11.5. The normalized spacial score (nSPS) is 14.3. The minimum atomic E-state index is -1.33. The summed E-state index contributed by atoms with van der Waals surface area (Å²) in [6, 6.07) is 4.40. The molecule has 1 aromatic carbocycles. The lowest BCUT2D eigenvalue weighted by atomic mass is 10.0. The molecule has 0 spiro atoms. The number of unbranched alkanes of at least 4 members (excludes halogenated alkanes) is 1. The Hall–Kier alpha value is -2.67. The minimum absolute atomic E-state index is 0.0763. The highest BCUT2D eigenvalue weighted by atomic mass is 32.2. The van der Waals surface area contributed by atoms with E-state index in [2.05, 4.69) is 16.0 Å². The first-order valence-corrected chi connectivity index (χ1v) is 12.9. The number of carbonyl (C=O) groups excluding carboxylic acids is 3. The summed E-state index contributed by atoms with van der Waals surface area (Å²) in [5, 5.41) is 26.6. The Morgan fingerprint density at radius 2 is 1.51 bits per heavy atom. The van der Waals surface area contributed by atoms with E-state index in [9.17, 15) is 29.4 Å². The highest BCUT2D eigenvalue weighted by molar-refractivity contribution is 7.98. The van der Waals surface area contributed by atoms with Gasteiger partial charge < -0.3 is 37.6 Å². The van der Waals surface area contributed by atoms with Crippen LogP contribution in [0.25, 0.3) is 0 Å². The van der Waals surface area contributed by atoms with Crippen LogP contribution in [0.3, 0.4) is 0 Å². The lowest BCUT2D eigenvalue weighted by Crippen LogP contribution is -2.58. The second-order valence-corrected chi connectivity index (χ2v) is 9.05. The van der Waals surface area contributed by atoms with Gasteiger partial charge in [0.2, 0.25) is 17.7 Å². The number of aliphatic hydroxyl groups is 1. The van der Waals surface area contributed by atoms with Crippen molar-refractivity contribution in [2.75, 3.05) is 25.2 Å². The number of aliphatic hydroxyl groups excluding tert-OH is 1. The number of aliphatic carboxylic acids is 1. The van der Waals surface area contributed by atoms with E-state index in [1.807, 2.05) is 6.26 Å². The number of hydrogen-bond donors (Lipinski definition) is 7. The Labute approximate surface area is 209 Å². The van der Waals surface area contributed by atoms with Crippen LogP contribution in [-0.2, 0) is 25.6 Å². The van der Waals surface area contributed by atoms with Crippen molar-refractivity contribution in [1.29, 1.82) is 0 Å². The van der Waals surface area contributed by atoms with Crippen LogP contribution in [0, 0.1) is 0 Å². The summed E-state index contributed by atoms with van der Waals surface area (Å²) in [6.07, 6.45) is 3.66. The summed E-state index contributed by atoms with van der Waals surface area (Å²) in [6.45, 7) is -0.300. The third-order valence-corrected chi connectivity index (χ3v) is 5.91. The molecule has 0 aliphatic rings. The molecular formula is C23H37N5O6S. The van der Waals surface area contributed by atoms with Gasteiger partial charge in [0.25, 0.3) is 0 Å². The maximum Gasteiger partial charge on any atom is 0.326 e. The molecule has 0 aliphatic heterocycles. The molecule has 12 heteroatoms. The lowest BCUT2D eigenvalue weighted by molar-refractivity contribution is -0.142. The highest BCUT2D eigenvalue weighted by Gasteiger charge is 2.30. The zero-order chi connectivity index (χ0) is 26.2. The van der Waals surface area contributed by atoms with Crippen molar-refractivity contribution in [3.05, 3.63) is 35.9 Å². The number of carboxylic acids is 1. The molecule has 4 unspecified atom stereocenters. The number of amides is 3. The maximum atomic E-state index is 13.0. The molecule has 3 amide bonds. The first-order chi connectivity index (χ1) is 16.7. The van der Waals surface area contributed by atoms with Crippen LogP contribution < -0.4 is 27.4 Å². The fourth-order valence-corrected chi connectivity index (χ4v) is 3.69. The average molecular weight is 512 g/mol. The lowest BCUT2D eigenvalue weighted by Gasteiger charge is -2.24. The molecule has 0 aromatic heterocycles. The predicted octanol–water partition coefficient (Wildman–Crippen LogP) is -1.03. The second kappa shape index (κ2) is 16.9. The molecule has 196 valence electrons. The monoisotopic (exact) mass is 511 g/mol. The Morgan fingerprint density at radius 3 is 2.09 bits per heavy atom. The highest BCUT2D eigenvalue weighted by Crippen LogP contribution is 2.07. The zero-order valence-electron chi connectivity index (χ0n) is 19.9. The smallest absolute Gasteiger partial charge is 0.326 e. The van der Waals surface area contributed by atoms with Gasteiger partial charge in [0.15, 0.2) is 0 Å². The summed E-state index contributed by atoms with van der Waals surface area (Å²) in [7, 11) is 0. The Balaban J connectivity index is 2.95. The van der Waals surface area contributed by atoms with E-state index in [0.717, 1.165) is 5.56 Å². The summed E-state index contributed by atoms with van der Waals surface area (Å²) in [5.74, 6) is -2.62. The molecule has 0 saturated carbocycles. The molecule has 0 saturated heterocycles. The molecule has 0 aliphatic carbocycles. The number of carboxylic acid groups (broad SMARTS) is 1. The van der Waals surface area contributed by atoms with Crippen molar-refractivity contribution in [3.63, 3.8) is 0 Å². The van der Waals surface area contributed by atoms with Gasteiger partial charge in [-0.3, -0.25) is 14.4 Å².